The molecular weight excluding hydrogens is 408 g/mol. The van der Waals surface area contributed by atoms with E-state index < -0.39 is 5.97 Å². The molecule has 3 aromatic rings. The Morgan fingerprint density at radius 3 is 2.48 bits per heavy atom. The first-order valence-corrected chi connectivity index (χ1v) is 9.07. The van der Waals surface area contributed by atoms with Crippen LogP contribution in [0.1, 0.15) is 12.5 Å². The van der Waals surface area contributed by atoms with Gasteiger partial charge in [-0.25, -0.2) is 9.48 Å². The molecule has 0 aliphatic heterocycles. The minimum Gasteiger partial charge on any atom is -0.455 e. The molecule has 0 saturated carbocycles. The molecule has 0 amide bonds. The van der Waals surface area contributed by atoms with E-state index in [9.17, 15) is 9.59 Å². The molecule has 0 N–H and O–H groups in total. The topological polar surface area (TPSA) is 61.2 Å². The Hall–Kier alpha value is -2.99. The minimum absolute atomic E-state index is 0.204. The van der Waals surface area contributed by atoms with Crippen molar-refractivity contribution in [2.24, 2.45) is 0 Å². The van der Waals surface area contributed by atoms with E-state index in [0.29, 0.717) is 0 Å². The number of carbonyl (C=O) groups is 2. The molecule has 3 rings (SSSR count). The fraction of sp³-hybridized carbons (Fsp3) is 0.0952. The lowest BCUT2D eigenvalue weighted by Gasteiger charge is -2.01. The maximum Gasteiger partial charge on any atom is 0.331 e. The number of hydrogen-bond acceptors (Lipinski definition) is 4. The third-order valence-corrected chi connectivity index (χ3v) is 4.23. The van der Waals surface area contributed by atoms with Crippen LogP contribution < -0.4 is 0 Å². The lowest BCUT2D eigenvalue weighted by Crippen LogP contribution is -2.08. The molecule has 0 fully saturated rings. The second-order valence-corrected chi connectivity index (χ2v) is 6.78. The van der Waals surface area contributed by atoms with Crippen LogP contribution in [0.15, 0.2) is 71.3 Å². The van der Waals surface area contributed by atoms with Crippen LogP contribution in [-0.2, 0) is 14.3 Å². The molecular formula is C21H17BrN2O3. The number of ketones is 1. The fourth-order valence-corrected chi connectivity index (χ4v) is 2.70. The second-order valence-electron chi connectivity index (χ2n) is 5.86. The van der Waals surface area contributed by atoms with Gasteiger partial charge in [-0.2, -0.15) is 5.10 Å². The van der Waals surface area contributed by atoms with Crippen LogP contribution in [0, 0.1) is 0 Å². The van der Waals surface area contributed by atoms with Crippen molar-refractivity contribution in [1.29, 1.82) is 0 Å². The first-order chi connectivity index (χ1) is 13.0. The Kier molecular flexibility index (Phi) is 5.98. The Balaban J connectivity index is 1.95. The van der Waals surface area contributed by atoms with Gasteiger partial charge in [0, 0.05) is 27.9 Å². The lowest BCUT2D eigenvalue weighted by atomic mass is 10.1. The summed E-state index contributed by atoms with van der Waals surface area (Å²) in [5.74, 6) is -0.774. The van der Waals surface area contributed by atoms with E-state index in [1.807, 2.05) is 60.8 Å². The molecule has 1 heterocycles. The zero-order chi connectivity index (χ0) is 19.2. The highest BCUT2D eigenvalue weighted by Gasteiger charge is 2.11. The van der Waals surface area contributed by atoms with Crippen LogP contribution in [0.3, 0.4) is 0 Å². The molecule has 27 heavy (non-hydrogen) atoms. The summed E-state index contributed by atoms with van der Waals surface area (Å²) in [4.78, 5) is 22.7. The van der Waals surface area contributed by atoms with E-state index in [-0.39, 0.29) is 12.4 Å². The van der Waals surface area contributed by atoms with Crippen molar-refractivity contribution in [3.05, 3.63) is 76.9 Å². The number of aromatic nitrogens is 2. The van der Waals surface area contributed by atoms with Gasteiger partial charge in [-0.1, -0.05) is 46.3 Å². The predicted octanol–water partition coefficient (Wildman–Crippen LogP) is 4.45. The van der Waals surface area contributed by atoms with Crippen molar-refractivity contribution in [3.8, 4) is 16.9 Å². The third kappa shape index (κ3) is 5.01. The number of nitrogens with zero attached hydrogens (tertiary/aromatic N) is 2. The number of benzene rings is 2. The Morgan fingerprint density at radius 2 is 1.81 bits per heavy atom. The van der Waals surface area contributed by atoms with Crippen molar-refractivity contribution in [2.45, 2.75) is 6.92 Å². The van der Waals surface area contributed by atoms with Gasteiger partial charge in [0.05, 0.1) is 11.4 Å². The standard InChI is InChI=1S/C21H17BrN2O3/c1-15(25)14-27-20(26)12-9-17-13-24(19-5-3-2-4-6-19)23-21(17)16-7-10-18(22)11-8-16/h2-13H,14H2,1H3/b12-9+. The number of rotatable bonds is 6. The molecule has 0 atom stereocenters. The second kappa shape index (κ2) is 8.60. The van der Waals surface area contributed by atoms with E-state index in [1.165, 1.54) is 13.0 Å². The van der Waals surface area contributed by atoms with Gasteiger partial charge in [0.15, 0.2) is 5.78 Å². The van der Waals surface area contributed by atoms with Crippen LogP contribution >= 0.6 is 15.9 Å². The monoisotopic (exact) mass is 424 g/mol. The van der Waals surface area contributed by atoms with Gasteiger partial charge < -0.3 is 4.74 Å². The third-order valence-electron chi connectivity index (χ3n) is 3.70. The molecule has 0 saturated heterocycles. The van der Waals surface area contributed by atoms with Gasteiger partial charge in [-0.15, -0.1) is 0 Å². The molecule has 136 valence electrons. The average Bonchev–Trinajstić information content (AvgIpc) is 3.10. The molecule has 0 aliphatic rings. The van der Waals surface area contributed by atoms with E-state index in [1.54, 1.807) is 10.8 Å². The smallest absolute Gasteiger partial charge is 0.331 e. The summed E-state index contributed by atoms with van der Waals surface area (Å²) in [5.41, 5.74) is 3.34. The van der Waals surface area contributed by atoms with Gasteiger partial charge in [-0.3, -0.25) is 4.79 Å². The molecule has 5 nitrogen and oxygen atoms in total. The van der Waals surface area contributed by atoms with Crippen molar-refractivity contribution in [2.75, 3.05) is 6.61 Å². The number of Topliss-reactive ketones (excluding diaryl/α,β-unsaturated/α-hetero) is 1. The maximum absolute atomic E-state index is 11.8. The van der Waals surface area contributed by atoms with Crippen LogP contribution in [0.5, 0.6) is 0 Å². The normalized spacial score (nSPS) is 10.9. The summed E-state index contributed by atoms with van der Waals surface area (Å²) < 4.78 is 7.60. The molecule has 0 radical (unpaired) electrons. The number of halogens is 1. The molecule has 0 spiro atoms. The largest absolute Gasteiger partial charge is 0.455 e. The van der Waals surface area contributed by atoms with Crippen LogP contribution in [0.25, 0.3) is 23.0 Å². The van der Waals surface area contributed by atoms with Crippen LogP contribution in [0.4, 0.5) is 0 Å². The fourth-order valence-electron chi connectivity index (χ4n) is 2.43. The Morgan fingerprint density at radius 1 is 1.11 bits per heavy atom. The zero-order valence-corrected chi connectivity index (χ0v) is 16.2. The number of hydrogen-bond donors (Lipinski definition) is 0. The maximum atomic E-state index is 11.8. The highest BCUT2D eigenvalue weighted by atomic mass is 79.9. The highest BCUT2D eigenvalue weighted by molar-refractivity contribution is 9.10. The van der Waals surface area contributed by atoms with Gasteiger partial charge in [0.2, 0.25) is 0 Å². The SMILES string of the molecule is CC(=O)COC(=O)/C=C/c1cn(-c2ccccc2)nc1-c1ccc(Br)cc1. The van der Waals surface area contributed by atoms with Crippen LogP contribution in [0.2, 0.25) is 0 Å². The van der Waals surface area contributed by atoms with E-state index in [0.717, 1.165) is 27.0 Å². The summed E-state index contributed by atoms with van der Waals surface area (Å²) in [6, 6.07) is 17.5. The first kappa shape index (κ1) is 18.8. The molecule has 0 aliphatic carbocycles. The number of carbonyl (C=O) groups excluding carboxylic acids is 2. The molecule has 1 aromatic heterocycles. The zero-order valence-electron chi connectivity index (χ0n) is 14.6. The molecule has 0 bridgehead atoms. The first-order valence-electron chi connectivity index (χ1n) is 8.28. The Bertz CT molecular complexity index is 976. The van der Waals surface area contributed by atoms with Crippen molar-refractivity contribution < 1.29 is 14.3 Å². The van der Waals surface area contributed by atoms with Gasteiger partial charge in [-0.05, 0) is 37.3 Å². The number of para-hydroxylation sites is 1. The van der Waals surface area contributed by atoms with Crippen molar-refractivity contribution in [1.82, 2.24) is 9.78 Å². The predicted molar refractivity (Wildman–Crippen MR) is 107 cm³/mol. The van der Waals surface area contributed by atoms with Gasteiger partial charge >= 0.3 is 5.97 Å². The van der Waals surface area contributed by atoms with Gasteiger partial charge in [0.25, 0.3) is 0 Å². The summed E-state index contributed by atoms with van der Waals surface area (Å²) in [5, 5.41) is 4.68. The van der Waals surface area contributed by atoms with Gasteiger partial charge in [0.1, 0.15) is 6.61 Å². The van der Waals surface area contributed by atoms with E-state index >= 15 is 0 Å². The van der Waals surface area contributed by atoms with E-state index in [2.05, 4.69) is 21.0 Å². The van der Waals surface area contributed by atoms with E-state index in [4.69, 9.17) is 4.74 Å². The summed E-state index contributed by atoms with van der Waals surface area (Å²) in [6.07, 6.45) is 4.80. The summed E-state index contributed by atoms with van der Waals surface area (Å²) in [6.45, 7) is 1.14. The summed E-state index contributed by atoms with van der Waals surface area (Å²) in [7, 11) is 0. The van der Waals surface area contributed by atoms with Crippen molar-refractivity contribution >= 4 is 33.8 Å². The lowest BCUT2D eigenvalue weighted by molar-refractivity contribution is -0.142. The summed E-state index contributed by atoms with van der Waals surface area (Å²) >= 11 is 3.43. The molecule has 6 heteroatoms. The quantitative estimate of drug-likeness (QED) is 0.433. The highest BCUT2D eigenvalue weighted by Crippen LogP contribution is 2.26. The molecule has 2 aromatic carbocycles. The Labute approximate surface area is 165 Å². The number of esters is 1. The van der Waals surface area contributed by atoms with Crippen molar-refractivity contribution in [3.63, 3.8) is 0 Å². The van der Waals surface area contributed by atoms with Crippen LogP contribution in [-0.4, -0.2) is 28.1 Å². The molecule has 0 unspecified atom stereocenters. The minimum atomic E-state index is -0.570. The average molecular weight is 425 g/mol. The number of ether oxygens (including phenoxy) is 1.